The van der Waals surface area contributed by atoms with Crippen molar-refractivity contribution in [1.82, 2.24) is 14.7 Å². The lowest BCUT2D eigenvalue weighted by atomic mass is 9.75. The zero-order valence-electron chi connectivity index (χ0n) is 21.0. The lowest BCUT2D eigenvalue weighted by Crippen LogP contribution is -2.51. The lowest BCUT2D eigenvalue weighted by Gasteiger charge is -2.36. The quantitative estimate of drug-likeness (QED) is 0.379. The second-order valence-electron chi connectivity index (χ2n) is 9.49. The summed E-state index contributed by atoms with van der Waals surface area (Å²) in [4.78, 5) is 45.4. The van der Waals surface area contributed by atoms with Crippen LogP contribution >= 0.6 is 0 Å². The molecule has 2 fully saturated rings. The molecular weight excluding hydrogens is 454 g/mol. The Morgan fingerprint density at radius 2 is 1.64 bits per heavy atom. The Bertz CT molecular complexity index is 1060. The van der Waals surface area contributed by atoms with Crippen LogP contribution in [0.3, 0.4) is 0 Å². The van der Waals surface area contributed by atoms with E-state index in [1.807, 2.05) is 53.4 Å². The summed E-state index contributed by atoms with van der Waals surface area (Å²) in [5.74, 6) is -0.561. The Kier molecular flexibility index (Phi) is 8.67. The monoisotopic (exact) mass is 489 g/mol. The number of benzene rings is 2. The molecule has 3 amide bonds. The lowest BCUT2D eigenvalue weighted by molar-refractivity contribution is -0.143. The van der Waals surface area contributed by atoms with Crippen molar-refractivity contribution in [2.75, 3.05) is 53.0 Å². The molecule has 1 unspecified atom stereocenters. The van der Waals surface area contributed by atoms with Crippen LogP contribution in [0.5, 0.6) is 0 Å². The first-order valence-electron chi connectivity index (χ1n) is 12.6. The number of piperazine rings is 1. The van der Waals surface area contributed by atoms with Crippen LogP contribution in [0.15, 0.2) is 66.7 Å². The van der Waals surface area contributed by atoms with Crippen LogP contribution in [-0.2, 0) is 24.5 Å². The third-order valence-electron chi connectivity index (χ3n) is 7.12. The van der Waals surface area contributed by atoms with Crippen LogP contribution in [0, 0.1) is 0 Å². The number of hydrogen-bond acceptors (Lipinski definition) is 5. The van der Waals surface area contributed by atoms with Gasteiger partial charge in [0.05, 0.1) is 5.41 Å². The van der Waals surface area contributed by atoms with E-state index in [0.717, 1.165) is 25.2 Å². The highest BCUT2D eigenvalue weighted by Gasteiger charge is 2.53. The number of ether oxygens (including phenoxy) is 1. The maximum Gasteiger partial charge on any atom is 0.240 e. The van der Waals surface area contributed by atoms with Crippen LogP contribution in [0.2, 0.25) is 0 Å². The summed E-state index contributed by atoms with van der Waals surface area (Å²) >= 11 is 0. The van der Waals surface area contributed by atoms with Crippen molar-refractivity contribution >= 4 is 23.8 Å². The van der Waals surface area contributed by atoms with Gasteiger partial charge in [-0.05, 0) is 17.5 Å². The van der Waals surface area contributed by atoms with Gasteiger partial charge in [-0.15, -0.1) is 0 Å². The second kappa shape index (κ2) is 12.1. The van der Waals surface area contributed by atoms with Gasteiger partial charge in [0.2, 0.25) is 17.7 Å². The standard InChI is InChI=1S/C29H35N3O4/c1-36-21-9-16-32-27(34)23-29(28(32)35,25-13-6-3-7-14-25)22-26(33)31-19-17-30(18-20-31)15-8-12-24-10-4-2-5-11-24/h2-8,10-14H,9,15-23H2,1H3/b12-8+. The maximum absolute atomic E-state index is 13.6. The van der Waals surface area contributed by atoms with Gasteiger partial charge in [-0.25, -0.2) is 0 Å². The van der Waals surface area contributed by atoms with Crippen molar-refractivity contribution in [2.45, 2.75) is 24.7 Å². The fourth-order valence-electron chi connectivity index (χ4n) is 5.07. The van der Waals surface area contributed by atoms with Crippen molar-refractivity contribution in [3.63, 3.8) is 0 Å². The van der Waals surface area contributed by atoms with Gasteiger partial charge in [-0.2, -0.15) is 0 Å². The second-order valence-corrected chi connectivity index (χ2v) is 9.49. The molecule has 4 rings (SSSR count). The van der Waals surface area contributed by atoms with E-state index in [2.05, 4.69) is 29.2 Å². The first kappa shape index (κ1) is 25.8. The van der Waals surface area contributed by atoms with Crippen molar-refractivity contribution < 1.29 is 19.1 Å². The fourth-order valence-corrected chi connectivity index (χ4v) is 5.07. The van der Waals surface area contributed by atoms with E-state index in [1.54, 1.807) is 7.11 Å². The Hall–Kier alpha value is -3.29. The van der Waals surface area contributed by atoms with E-state index in [0.29, 0.717) is 32.7 Å². The molecule has 7 nitrogen and oxygen atoms in total. The molecule has 2 saturated heterocycles. The van der Waals surface area contributed by atoms with Crippen LogP contribution in [0.25, 0.3) is 6.08 Å². The van der Waals surface area contributed by atoms with Gasteiger partial charge >= 0.3 is 0 Å². The summed E-state index contributed by atoms with van der Waals surface area (Å²) in [7, 11) is 1.60. The summed E-state index contributed by atoms with van der Waals surface area (Å²) in [6.45, 7) is 4.39. The first-order chi connectivity index (χ1) is 17.5. The normalized spacial score (nSPS) is 21.0. The molecule has 190 valence electrons. The Morgan fingerprint density at radius 3 is 2.31 bits per heavy atom. The molecule has 36 heavy (non-hydrogen) atoms. The van der Waals surface area contributed by atoms with Crippen molar-refractivity contribution in [3.05, 3.63) is 77.9 Å². The predicted molar refractivity (Wildman–Crippen MR) is 139 cm³/mol. The predicted octanol–water partition coefficient (Wildman–Crippen LogP) is 2.97. The van der Waals surface area contributed by atoms with Crippen LogP contribution in [-0.4, -0.2) is 85.4 Å². The van der Waals surface area contributed by atoms with Gasteiger partial charge in [-0.3, -0.25) is 24.2 Å². The third-order valence-corrected chi connectivity index (χ3v) is 7.12. The molecule has 7 heteroatoms. The van der Waals surface area contributed by atoms with Gasteiger partial charge in [-0.1, -0.05) is 72.8 Å². The number of likely N-dealkylation sites (tertiary alicyclic amines) is 1. The van der Waals surface area contributed by atoms with Crippen molar-refractivity contribution in [2.24, 2.45) is 0 Å². The summed E-state index contributed by atoms with van der Waals surface area (Å²) in [5, 5.41) is 0. The topological polar surface area (TPSA) is 70.2 Å². The van der Waals surface area contributed by atoms with Gasteiger partial charge in [0, 0.05) is 65.8 Å². The van der Waals surface area contributed by atoms with Gasteiger partial charge in [0.15, 0.2) is 0 Å². The molecule has 0 bridgehead atoms. The van der Waals surface area contributed by atoms with Gasteiger partial charge in [0.1, 0.15) is 0 Å². The Labute approximate surface area is 213 Å². The Balaban J connectivity index is 1.39. The molecule has 0 N–H and O–H groups in total. The average Bonchev–Trinajstić information content (AvgIpc) is 3.15. The number of hydrogen-bond donors (Lipinski definition) is 0. The molecule has 0 saturated carbocycles. The van der Waals surface area contributed by atoms with E-state index < -0.39 is 5.41 Å². The van der Waals surface area contributed by atoms with E-state index in [9.17, 15) is 14.4 Å². The molecule has 2 aromatic rings. The van der Waals surface area contributed by atoms with Crippen LogP contribution in [0.4, 0.5) is 0 Å². The van der Waals surface area contributed by atoms with Crippen LogP contribution in [0.1, 0.15) is 30.4 Å². The number of imide groups is 1. The molecule has 0 aromatic heterocycles. The number of amides is 3. The molecule has 2 aromatic carbocycles. The average molecular weight is 490 g/mol. The van der Waals surface area contributed by atoms with Crippen molar-refractivity contribution in [3.8, 4) is 0 Å². The summed E-state index contributed by atoms with van der Waals surface area (Å²) in [6.07, 6.45) is 4.88. The minimum Gasteiger partial charge on any atom is -0.385 e. The van der Waals surface area contributed by atoms with E-state index in [1.165, 1.54) is 10.5 Å². The van der Waals surface area contributed by atoms with E-state index >= 15 is 0 Å². The molecule has 0 radical (unpaired) electrons. The number of rotatable bonds is 10. The zero-order chi connectivity index (χ0) is 25.4. The van der Waals surface area contributed by atoms with Gasteiger partial charge in [0.25, 0.3) is 0 Å². The highest BCUT2D eigenvalue weighted by Crippen LogP contribution is 2.40. The van der Waals surface area contributed by atoms with E-state index in [4.69, 9.17) is 4.74 Å². The molecular formula is C29H35N3O4. The smallest absolute Gasteiger partial charge is 0.240 e. The number of methoxy groups -OCH3 is 1. The zero-order valence-corrected chi connectivity index (χ0v) is 21.0. The summed E-state index contributed by atoms with van der Waals surface area (Å²) in [6, 6.07) is 19.5. The highest BCUT2D eigenvalue weighted by atomic mass is 16.5. The largest absolute Gasteiger partial charge is 0.385 e. The molecule has 1 atom stereocenters. The number of nitrogens with zero attached hydrogens (tertiary/aromatic N) is 3. The third kappa shape index (κ3) is 5.91. The van der Waals surface area contributed by atoms with Crippen molar-refractivity contribution in [1.29, 1.82) is 0 Å². The molecule has 2 aliphatic heterocycles. The van der Waals surface area contributed by atoms with Gasteiger partial charge < -0.3 is 9.64 Å². The summed E-state index contributed by atoms with van der Waals surface area (Å²) < 4.78 is 5.09. The summed E-state index contributed by atoms with van der Waals surface area (Å²) in [5.41, 5.74) is 0.762. The number of carbonyl (C=O) groups excluding carboxylic acids is 3. The van der Waals surface area contributed by atoms with E-state index in [-0.39, 0.29) is 30.6 Å². The minimum absolute atomic E-state index is 0.0102. The minimum atomic E-state index is -1.14. The number of carbonyl (C=O) groups is 3. The first-order valence-corrected chi connectivity index (χ1v) is 12.6. The molecule has 2 aliphatic rings. The fraction of sp³-hybridized carbons (Fsp3) is 0.414. The molecule has 2 heterocycles. The van der Waals surface area contributed by atoms with Crippen LogP contribution < -0.4 is 0 Å². The molecule has 0 spiro atoms. The maximum atomic E-state index is 13.6. The SMILES string of the molecule is COCCCN1C(=O)CC(CC(=O)N2CCN(C/C=C/c3ccccc3)CC2)(c2ccccc2)C1=O. The molecule has 0 aliphatic carbocycles. The highest BCUT2D eigenvalue weighted by molar-refractivity contribution is 6.10. The Morgan fingerprint density at radius 1 is 0.972 bits per heavy atom.